The highest BCUT2D eigenvalue weighted by Crippen LogP contribution is 2.72. The summed E-state index contributed by atoms with van der Waals surface area (Å²) in [6.07, 6.45) is 3.70. The van der Waals surface area contributed by atoms with E-state index >= 15 is 0 Å². The van der Waals surface area contributed by atoms with Gasteiger partial charge in [-0.15, -0.1) is 0 Å². The van der Waals surface area contributed by atoms with Crippen molar-refractivity contribution in [2.75, 3.05) is 27.3 Å². The Hall–Kier alpha value is -2.80. The molecule has 0 spiro atoms. The van der Waals surface area contributed by atoms with E-state index in [1.165, 1.54) is 35.2 Å². The zero-order chi connectivity index (χ0) is 26.5. The lowest BCUT2D eigenvalue weighted by Crippen LogP contribution is -2.42. The number of rotatable bonds is 10. The van der Waals surface area contributed by atoms with Crippen LogP contribution in [0.25, 0.3) is 0 Å². The molecule has 0 radical (unpaired) electrons. The Morgan fingerprint density at radius 2 is 1.11 bits per heavy atom. The number of benzene rings is 2. The number of hydrogen-bond donors (Lipinski definition) is 0. The van der Waals surface area contributed by atoms with Gasteiger partial charge in [-0.2, -0.15) is 0 Å². The Labute approximate surface area is 216 Å². The SMILES string of the molecule is COC(=O)C(Cc1ccccc1)N1CC=CP1(=O)OP1(=O)C=CCN1C(Cc1ccccc1)C(=O)OC. The molecule has 4 atom stereocenters. The molecule has 0 aromatic heterocycles. The lowest BCUT2D eigenvalue weighted by atomic mass is 10.1. The summed E-state index contributed by atoms with van der Waals surface area (Å²) in [5, 5.41) is 0. The van der Waals surface area contributed by atoms with Crippen LogP contribution < -0.4 is 0 Å². The summed E-state index contributed by atoms with van der Waals surface area (Å²) < 4.78 is 47.2. The molecule has 2 aliphatic rings. The highest BCUT2D eigenvalue weighted by molar-refractivity contribution is 7.73. The number of methoxy groups -OCH3 is 2. The standard InChI is InChI=1S/C26H30N2O7P2/c1-33-25(29)23(19-21-11-5-3-6-12-21)27-15-9-17-36(27,31)35-37(32)18-10-16-28(37)24(26(30)34-2)20-22-13-7-4-8-14-22/h3-14,17-18,23-24H,15-16,19-20H2,1-2H3. The lowest BCUT2D eigenvalue weighted by Gasteiger charge is -2.35. The smallest absolute Gasteiger partial charge is 0.323 e. The second-order valence-electron chi connectivity index (χ2n) is 8.68. The molecule has 9 nitrogen and oxygen atoms in total. The van der Waals surface area contributed by atoms with Crippen molar-refractivity contribution >= 4 is 27.0 Å². The van der Waals surface area contributed by atoms with E-state index in [-0.39, 0.29) is 25.9 Å². The third-order valence-corrected chi connectivity index (χ3v) is 11.7. The molecule has 37 heavy (non-hydrogen) atoms. The number of hydrogen-bond acceptors (Lipinski definition) is 7. The molecular weight excluding hydrogens is 514 g/mol. The van der Waals surface area contributed by atoms with Crippen LogP contribution in [0.5, 0.6) is 0 Å². The minimum Gasteiger partial charge on any atom is -0.468 e. The Bertz CT molecular complexity index is 1170. The van der Waals surface area contributed by atoms with Crippen molar-refractivity contribution in [1.29, 1.82) is 0 Å². The minimum absolute atomic E-state index is 0.151. The molecule has 0 N–H and O–H groups in total. The van der Waals surface area contributed by atoms with Crippen LogP contribution in [0.15, 0.2) is 84.4 Å². The van der Waals surface area contributed by atoms with Crippen LogP contribution >= 0.6 is 15.0 Å². The van der Waals surface area contributed by atoms with Gasteiger partial charge in [-0.25, -0.2) is 13.7 Å². The molecule has 4 rings (SSSR count). The summed E-state index contributed by atoms with van der Waals surface area (Å²) in [7, 11) is -5.28. The molecule has 0 saturated heterocycles. The summed E-state index contributed by atoms with van der Waals surface area (Å²) in [4.78, 5) is 25.6. The normalized spacial score (nSPS) is 25.1. The fraction of sp³-hybridized carbons (Fsp3) is 0.308. The predicted molar refractivity (Wildman–Crippen MR) is 140 cm³/mol. The fourth-order valence-electron chi connectivity index (χ4n) is 4.50. The Morgan fingerprint density at radius 1 is 0.730 bits per heavy atom. The van der Waals surface area contributed by atoms with Gasteiger partial charge < -0.3 is 9.47 Å². The molecule has 2 heterocycles. The summed E-state index contributed by atoms with van der Waals surface area (Å²) >= 11 is 0. The number of carbonyl (C=O) groups excluding carboxylic acids is 2. The quantitative estimate of drug-likeness (QED) is 0.313. The lowest BCUT2D eigenvalue weighted by molar-refractivity contribution is -0.145. The van der Waals surface area contributed by atoms with E-state index in [0.29, 0.717) is 0 Å². The maximum atomic E-state index is 14.2. The van der Waals surface area contributed by atoms with Crippen molar-refractivity contribution in [2.45, 2.75) is 24.9 Å². The largest absolute Gasteiger partial charge is 0.468 e. The molecule has 2 aromatic carbocycles. The van der Waals surface area contributed by atoms with Crippen LogP contribution in [0.4, 0.5) is 0 Å². The zero-order valence-corrected chi connectivity index (χ0v) is 22.5. The van der Waals surface area contributed by atoms with Gasteiger partial charge in [-0.05, 0) is 24.0 Å². The molecule has 0 fully saturated rings. The summed E-state index contributed by atoms with van der Waals surface area (Å²) in [5.41, 5.74) is 1.69. The molecule has 196 valence electrons. The first-order chi connectivity index (χ1) is 17.8. The van der Waals surface area contributed by atoms with E-state index in [1.54, 1.807) is 12.2 Å². The second kappa shape index (κ2) is 11.7. The third-order valence-electron chi connectivity index (χ3n) is 6.33. The summed E-state index contributed by atoms with van der Waals surface area (Å²) in [6.45, 7) is 0.302. The van der Waals surface area contributed by atoms with Crippen molar-refractivity contribution in [3.05, 3.63) is 95.6 Å². The monoisotopic (exact) mass is 544 g/mol. The summed E-state index contributed by atoms with van der Waals surface area (Å²) in [5.74, 6) is 1.57. The van der Waals surface area contributed by atoms with E-state index in [9.17, 15) is 18.7 Å². The van der Waals surface area contributed by atoms with Crippen LogP contribution in [0.2, 0.25) is 0 Å². The molecule has 0 amide bonds. The second-order valence-corrected chi connectivity index (χ2v) is 13.2. The Balaban J connectivity index is 1.62. The Kier molecular flexibility index (Phi) is 8.63. The van der Waals surface area contributed by atoms with Crippen LogP contribution in [0.3, 0.4) is 0 Å². The minimum atomic E-state index is -3.91. The van der Waals surface area contributed by atoms with Crippen molar-refractivity contribution in [2.24, 2.45) is 0 Å². The number of carbonyl (C=O) groups is 2. The van der Waals surface area contributed by atoms with E-state index < -0.39 is 39.1 Å². The van der Waals surface area contributed by atoms with Gasteiger partial charge >= 0.3 is 27.0 Å². The molecular formula is C26H30N2O7P2. The molecule has 2 aliphatic heterocycles. The van der Waals surface area contributed by atoms with Gasteiger partial charge in [0.25, 0.3) is 0 Å². The van der Waals surface area contributed by atoms with Gasteiger partial charge in [0.2, 0.25) is 0 Å². The third kappa shape index (κ3) is 6.03. The van der Waals surface area contributed by atoms with Crippen LogP contribution in [-0.2, 0) is 45.3 Å². The molecule has 4 unspecified atom stereocenters. The highest BCUT2D eigenvalue weighted by Gasteiger charge is 2.50. The fourth-order valence-corrected chi connectivity index (χ4v) is 9.87. The van der Waals surface area contributed by atoms with Gasteiger partial charge in [0, 0.05) is 24.7 Å². The molecule has 0 saturated carbocycles. The Morgan fingerprint density at radius 3 is 1.46 bits per heavy atom. The molecule has 0 bridgehead atoms. The maximum Gasteiger partial charge on any atom is 0.323 e. The van der Waals surface area contributed by atoms with Crippen molar-refractivity contribution in [3.8, 4) is 0 Å². The number of esters is 2. The molecule has 11 heteroatoms. The van der Waals surface area contributed by atoms with Gasteiger partial charge in [-0.3, -0.25) is 18.7 Å². The summed E-state index contributed by atoms with van der Waals surface area (Å²) in [6, 6.07) is 16.7. The maximum absolute atomic E-state index is 14.2. The van der Waals surface area contributed by atoms with Crippen molar-refractivity contribution in [1.82, 2.24) is 9.34 Å². The molecule has 2 aromatic rings. The van der Waals surface area contributed by atoms with Crippen molar-refractivity contribution < 1.29 is 32.5 Å². The van der Waals surface area contributed by atoms with Crippen molar-refractivity contribution in [3.63, 3.8) is 0 Å². The van der Waals surface area contributed by atoms with E-state index in [1.807, 2.05) is 60.7 Å². The van der Waals surface area contributed by atoms with E-state index in [2.05, 4.69) is 0 Å². The topological polar surface area (TPSA) is 102 Å². The van der Waals surface area contributed by atoms with Gasteiger partial charge in [0.1, 0.15) is 12.1 Å². The van der Waals surface area contributed by atoms with E-state index in [0.717, 1.165) is 11.1 Å². The van der Waals surface area contributed by atoms with Gasteiger partial charge in [0.05, 0.1) is 14.2 Å². The predicted octanol–water partition coefficient (Wildman–Crippen LogP) is 4.62. The average Bonchev–Trinajstić information content (AvgIpc) is 3.47. The number of ether oxygens (including phenoxy) is 2. The van der Waals surface area contributed by atoms with Crippen LogP contribution in [0, 0.1) is 0 Å². The van der Waals surface area contributed by atoms with Gasteiger partial charge in [0.15, 0.2) is 0 Å². The molecule has 0 aliphatic carbocycles. The van der Waals surface area contributed by atoms with Crippen LogP contribution in [0.1, 0.15) is 11.1 Å². The van der Waals surface area contributed by atoms with Gasteiger partial charge in [-0.1, -0.05) is 72.8 Å². The average molecular weight is 544 g/mol. The van der Waals surface area contributed by atoms with E-state index in [4.69, 9.17) is 13.8 Å². The first-order valence-electron chi connectivity index (χ1n) is 11.8. The van der Waals surface area contributed by atoms with Crippen LogP contribution in [-0.4, -0.2) is 60.7 Å². The highest BCUT2D eigenvalue weighted by atomic mass is 31.2. The first-order valence-corrected chi connectivity index (χ1v) is 15.1. The first kappa shape index (κ1) is 27.2. The number of nitrogens with zero attached hydrogens (tertiary/aromatic N) is 2. The zero-order valence-electron chi connectivity index (χ0n) is 20.7.